The lowest BCUT2D eigenvalue weighted by Gasteiger charge is -2.00. The van der Waals surface area contributed by atoms with Gasteiger partial charge in [0.15, 0.2) is 0 Å². The summed E-state index contributed by atoms with van der Waals surface area (Å²) in [4.78, 5) is 4.67. The predicted octanol–water partition coefficient (Wildman–Crippen LogP) is 5.81. The van der Waals surface area contributed by atoms with Crippen LogP contribution >= 0.6 is 27.3 Å². The number of benzene rings is 2. The molecule has 1 N–H and O–H groups in total. The molecular weight excluding hydrogens is 358 g/mol. The molecule has 0 aliphatic carbocycles. The molecule has 2 aromatic carbocycles. The van der Waals surface area contributed by atoms with Crippen molar-refractivity contribution in [3.63, 3.8) is 0 Å². The van der Waals surface area contributed by atoms with Crippen LogP contribution in [-0.4, -0.2) is 10.1 Å². The molecule has 22 heavy (non-hydrogen) atoms. The number of phenols is 1. The van der Waals surface area contributed by atoms with Gasteiger partial charge in [0, 0.05) is 0 Å². The van der Waals surface area contributed by atoms with E-state index >= 15 is 0 Å². The number of nitrogens with zero attached hydrogens (tertiary/aromatic N) is 1. The molecular formula is C18H16BrNOS. The Kier molecular flexibility index (Phi) is 4.32. The van der Waals surface area contributed by atoms with Gasteiger partial charge in [0.25, 0.3) is 0 Å². The van der Waals surface area contributed by atoms with Gasteiger partial charge in [-0.1, -0.05) is 19.1 Å². The largest absolute Gasteiger partial charge is 0.507 e. The SMILES string of the molecule is CCc1cc2sc(/C=C/c3ccc(O)c(Br)c3)nc2cc1C. The first kappa shape index (κ1) is 15.3. The summed E-state index contributed by atoms with van der Waals surface area (Å²) in [6.45, 7) is 4.32. The van der Waals surface area contributed by atoms with E-state index in [1.165, 1.54) is 15.8 Å². The average molecular weight is 374 g/mol. The molecule has 0 amide bonds. The Bertz CT molecular complexity index is 867. The third-order valence-electron chi connectivity index (χ3n) is 3.63. The third kappa shape index (κ3) is 3.08. The summed E-state index contributed by atoms with van der Waals surface area (Å²) < 4.78 is 1.93. The molecule has 0 radical (unpaired) electrons. The quantitative estimate of drug-likeness (QED) is 0.628. The summed E-state index contributed by atoms with van der Waals surface area (Å²) >= 11 is 5.03. The van der Waals surface area contributed by atoms with Crippen LogP contribution in [0.25, 0.3) is 22.4 Å². The highest BCUT2D eigenvalue weighted by atomic mass is 79.9. The van der Waals surface area contributed by atoms with Crippen LogP contribution in [0.4, 0.5) is 0 Å². The maximum atomic E-state index is 9.52. The molecule has 1 aromatic heterocycles. The molecule has 0 aliphatic rings. The minimum absolute atomic E-state index is 0.250. The Morgan fingerprint density at radius 2 is 2.05 bits per heavy atom. The number of halogens is 1. The van der Waals surface area contributed by atoms with Crippen LogP contribution in [0.3, 0.4) is 0 Å². The van der Waals surface area contributed by atoms with Gasteiger partial charge in [-0.3, -0.25) is 0 Å². The molecule has 4 heteroatoms. The summed E-state index contributed by atoms with van der Waals surface area (Å²) in [5.41, 5.74) is 4.77. The van der Waals surface area contributed by atoms with Crippen LogP contribution < -0.4 is 0 Å². The van der Waals surface area contributed by atoms with E-state index in [1.54, 1.807) is 17.4 Å². The zero-order valence-electron chi connectivity index (χ0n) is 12.4. The van der Waals surface area contributed by atoms with Gasteiger partial charge < -0.3 is 5.11 Å². The molecule has 0 fully saturated rings. The van der Waals surface area contributed by atoms with Crippen LogP contribution in [0.2, 0.25) is 0 Å². The van der Waals surface area contributed by atoms with Gasteiger partial charge in [-0.2, -0.15) is 0 Å². The van der Waals surface area contributed by atoms with Crippen molar-refractivity contribution >= 4 is 49.6 Å². The van der Waals surface area contributed by atoms with Crippen molar-refractivity contribution in [3.05, 3.63) is 56.5 Å². The van der Waals surface area contributed by atoms with Crippen LogP contribution in [0.15, 0.2) is 34.8 Å². The first-order valence-corrected chi connectivity index (χ1v) is 8.74. The maximum absolute atomic E-state index is 9.52. The molecule has 0 unspecified atom stereocenters. The number of fused-ring (bicyclic) bond motifs is 1. The van der Waals surface area contributed by atoms with Gasteiger partial charge in [-0.25, -0.2) is 4.98 Å². The molecule has 0 spiro atoms. The van der Waals surface area contributed by atoms with Crippen LogP contribution in [-0.2, 0) is 6.42 Å². The van der Waals surface area contributed by atoms with Gasteiger partial charge in [0.2, 0.25) is 0 Å². The predicted molar refractivity (Wildman–Crippen MR) is 98.5 cm³/mol. The lowest BCUT2D eigenvalue weighted by atomic mass is 10.1. The average Bonchev–Trinajstić information content (AvgIpc) is 2.89. The van der Waals surface area contributed by atoms with Crippen molar-refractivity contribution in [2.75, 3.05) is 0 Å². The lowest BCUT2D eigenvalue weighted by molar-refractivity contribution is 0.472. The van der Waals surface area contributed by atoms with Gasteiger partial charge in [-0.05, 0) is 76.3 Å². The number of phenolic OH excluding ortho intramolecular Hbond substituents is 1. The van der Waals surface area contributed by atoms with Crippen molar-refractivity contribution < 1.29 is 5.11 Å². The zero-order valence-corrected chi connectivity index (χ0v) is 14.8. The summed E-state index contributed by atoms with van der Waals surface area (Å²) in [6, 6.07) is 9.86. The first-order valence-electron chi connectivity index (χ1n) is 7.13. The topological polar surface area (TPSA) is 33.1 Å². The third-order valence-corrected chi connectivity index (χ3v) is 5.25. The molecule has 0 saturated carbocycles. The molecule has 0 saturated heterocycles. The summed E-state index contributed by atoms with van der Waals surface area (Å²) in [5.74, 6) is 0.250. The van der Waals surface area contributed by atoms with Crippen molar-refractivity contribution in [1.82, 2.24) is 4.98 Å². The number of hydrogen-bond donors (Lipinski definition) is 1. The Hall–Kier alpha value is -1.65. The van der Waals surface area contributed by atoms with E-state index in [-0.39, 0.29) is 5.75 Å². The second-order valence-corrected chi connectivity index (χ2v) is 7.11. The number of hydrogen-bond acceptors (Lipinski definition) is 3. The van der Waals surface area contributed by atoms with E-state index in [1.807, 2.05) is 24.3 Å². The highest BCUT2D eigenvalue weighted by Crippen LogP contribution is 2.28. The van der Waals surface area contributed by atoms with Crippen molar-refractivity contribution in [2.45, 2.75) is 20.3 Å². The Morgan fingerprint density at radius 1 is 1.23 bits per heavy atom. The molecule has 3 rings (SSSR count). The number of aromatic hydroxyl groups is 1. The maximum Gasteiger partial charge on any atom is 0.129 e. The van der Waals surface area contributed by atoms with Crippen molar-refractivity contribution in [1.29, 1.82) is 0 Å². The molecule has 0 bridgehead atoms. The Labute approximate surface area is 142 Å². The van der Waals surface area contributed by atoms with Crippen LogP contribution in [0.1, 0.15) is 28.6 Å². The monoisotopic (exact) mass is 373 g/mol. The van der Waals surface area contributed by atoms with E-state index in [0.29, 0.717) is 4.47 Å². The molecule has 112 valence electrons. The highest BCUT2D eigenvalue weighted by molar-refractivity contribution is 9.10. The van der Waals surface area contributed by atoms with E-state index in [9.17, 15) is 5.11 Å². The second-order valence-electron chi connectivity index (χ2n) is 5.20. The molecule has 3 aromatic rings. The molecule has 2 nitrogen and oxygen atoms in total. The summed E-state index contributed by atoms with van der Waals surface area (Å²) in [7, 11) is 0. The van der Waals surface area contributed by atoms with Crippen LogP contribution in [0, 0.1) is 6.92 Å². The summed E-state index contributed by atoms with van der Waals surface area (Å²) in [5, 5.41) is 10.5. The Morgan fingerprint density at radius 3 is 2.77 bits per heavy atom. The van der Waals surface area contributed by atoms with Gasteiger partial charge >= 0.3 is 0 Å². The number of thiazole rings is 1. The second kappa shape index (κ2) is 6.23. The fraction of sp³-hybridized carbons (Fsp3) is 0.167. The van der Waals surface area contributed by atoms with E-state index < -0.39 is 0 Å². The minimum atomic E-state index is 0.250. The normalized spacial score (nSPS) is 11.6. The molecule has 0 aliphatic heterocycles. The van der Waals surface area contributed by atoms with E-state index in [0.717, 1.165) is 22.5 Å². The standard InChI is InChI=1S/C18H16BrNOS/c1-3-13-10-17-15(8-11(13)2)20-18(22-17)7-5-12-4-6-16(21)14(19)9-12/h4-10,21H,3H2,1-2H3/b7-5+. The fourth-order valence-corrected chi connectivity index (χ4v) is 3.70. The van der Waals surface area contributed by atoms with Gasteiger partial charge in [-0.15, -0.1) is 11.3 Å². The van der Waals surface area contributed by atoms with Crippen molar-refractivity contribution in [2.24, 2.45) is 0 Å². The lowest BCUT2D eigenvalue weighted by Crippen LogP contribution is -1.85. The summed E-state index contributed by atoms with van der Waals surface area (Å²) in [6.07, 6.45) is 5.08. The molecule has 1 heterocycles. The number of aryl methyl sites for hydroxylation is 2. The smallest absolute Gasteiger partial charge is 0.129 e. The van der Waals surface area contributed by atoms with Crippen LogP contribution in [0.5, 0.6) is 5.75 Å². The van der Waals surface area contributed by atoms with E-state index in [2.05, 4.69) is 46.9 Å². The fourth-order valence-electron chi connectivity index (χ4n) is 2.38. The number of rotatable bonds is 3. The minimum Gasteiger partial charge on any atom is -0.507 e. The van der Waals surface area contributed by atoms with Gasteiger partial charge in [0.1, 0.15) is 10.8 Å². The zero-order chi connectivity index (χ0) is 15.7. The van der Waals surface area contributed by atoms with Gasteiger partial charge in [0.05, 0.1) is 14.7 Å². The van der Waals surface area contributed by atoms with E-state index in [4.69, 9.17) is 0 Å². The number of aromatic nitrogens is 1. The van der Waals surface area contributed by atoms with Crippen molar-refractivity contribution in [3.8, 4) is 5.75 Å². The Balaban J connectivity index is 1.93. The highest BCUT2D eigenvalue weighted by Gasteiger charge is 2.05. The first-order chi connectivity index (χ1) is 10.6. The molecule has 0 atom stereocenters.